The lowest BCUT2D eigenvalue weighted by Gasteiger charge is -2.26. The molecule has 0 aliphatic carbocycles. The van der Waals surface area contributed by atoms with Gasteiger partial charge in [0.2, 0.25) is 0 Å². The Morgan fingerprint density at radius 1 is 0.800 bits per heavy atom. The predicted molar refractivity (Wildman–Crippen MR) is 99.5 cm³/mol. The van der Waals surface area contributed by atoms with Crippen LogP contribution in [0.25, 0.3) is 0 Å². The zero-order chi connectivity index (χ0) is 14.6. The van der Waals surface area contributed by atoms with Crippen molar-refractivity contribution in [2.75, 3.05) is 6.16 Å². The molecular weight excluding hydrogens is 295 g/mol. The van der Waals surface area contributed by atoms with E-state index < -0.39 is 14.1 Å². The summed E-state index contributed by atoms with van der Waals surface area (Å²) in [5, 5.41) is 2.72. The molecule has 20 heavy (non-hydrogen) atoms. The molecule has 0 N–H and O–H groups in total. The van der Waals surface area contributed by atoms with Crippen molar-refractivity contribution in [3.8, 4) is 0 Å². The van der Waals surface area contributed by atoms with Crippen molar-refractivity contribution >= 4 is 36.5 Å². The average molecular weight is 318 g/mol. The van der Waals surface area contributed by atoms with Gasteiger partial charge in [0.1, 0.15) is 0 Å². The average Bonchev–Trinajstić information content (AvgIpc) is 2.46. The van der Waals surface area contributed by atoms with E-state index in [1.54, 1.807) is 0 Å². The van der Waals surface area contributed by atoms with E-state index in [-0.39, 0.29) is 0 Å². The highest BCUT2D eigenvalue weighted by Crippen LogP contribution is 2.45. The maximum absolute atomic E-state index is 6.24. The minimum Gasteiger partial charge on any atom is -0.0876 e. The molecule has 0 fully saturated rings. The van der Waals surface area contributed by atoms with Gasteiger partial charge in [-0.2, -0.15) is 0 Å². The van der Waals surface area contributed by atoms with Gasteiger partial charge in [0.15, 0.2) is 0 Å². The van der Waals surface area contributed by atoms with Crippen molar-refractivity contribution in [2.45, 2.75) is 25.7 Å². The highest BCUT2D eigenvalue weighted by Gasteiger charge is 2.25. The van der Waals surface area contributed by atoms with Crippen molar-refractivity contribution in [1.29, 1.82) is 0 Å². The van der Waals surface area contributed by atoms with E-state index in [0.29, 0.717) is 0 Å². The Bertz CT molecular complexity index is 544. The van der Waals surface area contributed by atoms with Crippen LogP contribution in [0.4, 0.5) is 0 Å². The van der Waals surface area contributed by atoms with E-state index in [0.717, 1.165) is 6.16 Å². The molecule has 3 heteroatoms. The van der Waals surface area contributed by atoms with Gasteiger partial charge >= 0.3 is 0 Å². The van der Waals surface area contributed by atoms with Crippen LogP contribution in [0, 0.1) is 0 Å². The topological polar surface area (TPSA) is 0 Å². The highest BCUT2D eigenvalue weighted by atomic mass is 32.4. The molecule has 0 atom stereocenters. The zero-order valence-corrected chi connectivity index (χ0v) is 15.3. The summed E-state index contributed by atoms with van der Waals surface area (Å²) in [5.74, 6) is 0. The zero-order valence-electron chi connectivity index (χ0n) is 12.5. The maximum Gasteiger partial charge on any atom is 0.0446 e. The van der Waals surface area contributed by atoms with E-state index in [1.165, 1.54) is 16.7 Å². The van der Waals surface area contributed by atoms with Gasteiger partial charge in [0.05, 0.1) is 0 Å². The second-order valence-electron chi connectivity index (χ2n) is 6.45. The summed E-state index contributed by atoms with van der Waals surface area (Å²) < 4.78 is 0. The minimum atomic E-state index is -1.65. The maximum atomic E-state index is 6.24. The molecule has 2 aromatic rings. The first kappa shape index (κ1) is 15.7. The Morgan fingerprint density at radius 3 is 1.55 bits per heavy atom. The van der Waals surface area contributed by atoms with Crippen molar-refractivity contribution in [3.63, 3.8) is 0 Å². The molecule has 2 rings (SSSR count). The quantitative estimate of drug-likeness (QED) is 0.579. The van der Waals surface area contributed by atoms with Gasteiger partial charge in [-0.25, -0.2) is 0 Å². The second-order valence-corrected chi connectivity index (χ2v) is 16.9. The van der Waals surface area contributed by atoms with Crippen LogP contribution in [0.15, 0.2) is 60.7 Å². The van der Waals surface area contributed by atoms with E-state index >= 15 is 0 Å². The predicted octanol–water partition coefficient (Wildman–Crippen LogP) is 4.46. The van der Waals surface area contributed by atoms with E-state index in [9.17, 15) is 0 Å². The third-order valence-corrected chi connectivity index (χ3v) is 10.6. The standard InChI is InChI=1S/C17H23PSSi/c1-20(2,3)15-14-18(19,16-10-6-4-7-11-16)17-12-8-5-9-13-17/h4-13H,14-15H2,1-3H3. The number of benzene rings is 2. The summed E-state index contributed by atoms with van der Waals surface area (Å²) in [5.41, 5.74) is 0. The van der Waals surface area contributed by atoms with Gasteiger partial charge in [-0.05, 0) is 16.8 Å². The van der Waals surface area contributed by atoms with Crippen LogP contribution in [-0.2, 0) is 11.8 Å². The van der Waals surface area contributed by atoms with Gasteiger partial charge in [-0.3, -0.25) is 0 Å². The minimum absolute atomic E-state index is 1.07. The Labute approximate surface area is 129 Å². The van der Waals surface area contributed by atoms with Crippen LogP contribution in [0.3, 0.4) is 0 Å². The summed E-state index contributed by atoms with van der Waals surface area (Å²) in [6.07, 6.45) is 1.16. The van der Waals surface area contributed by atoms with Crippen molar-refractivity contribution < 1.29 is 0 Å². The fraction of sp³-hybridized carbons (Fsp3) is 0.294. The molecule has 0 aliphatic heterocycles. The molecule has 0 heterocycles. The summed E-state index contributed by atoms with van der Waals surface area (Å²) in [4.78, 5) is 0. The van der Waals surface area contributed by atoms with Crippen LogP contribution in [0.2, 0.25) is 25.7 Å². The molecule has 0 nitrogen and oxygen atoms in total. The molecule has 0 spiro atoms. The molecule has 0 unspecified atom stereocenters. The van der Waals surface area contributed by atoms with Crippen LogP contribution in [0.5, 0.6) is 0 Å². The Morgan fingerprint density at radius 2 is 1.20 bits per heavy atom. The van der Waals surface area contributed by atoms with Crippen LogP contribution in [0.1, 0.15) is 0 Å². The van der Waals surface area contributed by atoms with E-state index in [1.807, 2.05) is 0 Å². The molecular formula is C17H23PSSi. The number of rotatable bonds is 5. The van der Waals surface area contributed by atoms with Crippen LogP contribution in [-0.4, -0.2) is 14.2 Å². The summed E-state index contributed by atoms with van der Waals surface area (Å²) in [6.45, 7) is 7.30. The SMILES string of the molecule is C[Si](C)(C)CCP(=S)(c1ccccc1)c1ccccc1. The van der Waals surface area contributed by atoms with E-state index in [2.05, 4.69) is 80.3 Å². The number of hydrogen-bond acceptors (Lipinski definition) is 1. The Hall–Kier alpha value is -0.693. The monoisotopic (exact) mass is 318 g/mol. The van der Waals surface area contributed by atoms with Gasteiger partial charge in [0.25, 0.3) is 0 Å². The first-order chi connectivity index (χ1) is 9.42. The third kappa shape index (κ3) is 3.91. The molecule has 2 aromatic carbocycles. The fourth-order valence-electron chi connectivity index (χ4n) is 2.24. The van der Waals surface area contributed by atoms with Crippen LogP contribution < -0.4 is 10.6 Å². The molecule has 0 bridgehead atoms. The summed E-state index contributed by atoms with van der Waals surface area (Å²) >= 11 is 6.24. The van der Waals surface area contributed by atoms with Crippen LogP contribution >= 0.6 is 6.04 Å². The molecule has 0 aliphatic rings. The molecule has 0 saturated carbocycles. The number of hydrogen-bond donors (Lipinski definition) is 0. The first-order valence-corrected chi connectivity index (χ1v) is 13.8. The summed E-state index contributed by atoms with van der Waals surface area (Å²) in [7, 11) is -1.07. The molecule has 0 radical (unpaired) electrons. The Balaban J connectivity index is 2.42. The molecule has 106 valence electrons. The smallest absolute Gasteiger partial charge is 0.0446 e. The molecule has 0 amide bonds. The van der Waals surface area contributed by atoms with E-state index in [4.69, 9.17) is 11.8 Å². The van der Waals surface area contributed by atoms with Gasteiger partial charge in [0, 0.05) is 14.1 Å². The fourth-order valence-corrected chi connectivity index (χ4v) is 9.85. The lowest BCUT2D eigenvalue weighted by Crippen LogP contribution is -2.25. The van der Waals surface area contributed by atoms with Crippen molar-refractivity contribution in [2.24, 2.45) is 0 Å². The van der Waals surface area contributed by atoms with Gasteiger partial charge in [-0.1, -0.05) is 98.2 Å². The Kier molecular flexibility index (Phi) is 5.01. The normalized spacial score (nSPS) is 12.3. The van der Waals surface area contributed by atoms with Gasteiger partial charge < -0.3 is 0 Å². The van der Waals surface area contributed by atoms with Gasteiger partial charge in [-0.15, -0.1) is 0 Å². The lowest BCUT2D eigenvalue weighted by molar-refractivity contribution is 1.36. The van der Waals surface area contributed by atoms with Crippen molar-refractivity contribution in [1.82, 2.24) is 0 Å². The third-order valence-electron chi connectivity index (χ3n) is 3.52. The lowest BCUT2D eigenvalue weighted by atomic mass is 10.4. The molecule has 0 aromatic heterocycles. The summed E-state index contributed by atoms with van der Waals surface area (Å²) in [6, 6.07) is 21.2. The molecule has 0 saturated heterocycles. The second kappa shape index (κ2) is 6.38. The highest BCUT2D eigenvalue weighted by molar-refractivity contribution is 8.22. The largest absolute Gasteiger partial charge is 0.0876 e. The van der Waals surface area contributed by atoms with Crippen molar-refractivity contribution in [3.05, 3.63) is 60.7 Å². The first-order valence-electron chi connectivity index (χ1n) is 7.12.